The van der Waals surface area contributed by atoms with Crippen LogP contribution in [0.4, 0.5) is 18.9 Å². The minimum Gasteiger partial charge on any atom is -0.464 e. The summed E-state index contributed by atoms with van der Waals surface area (Å²) in [5, 5.41) is 7.62. The molecule has 0 aliphatic carbocycles. The van der Waals surface area contributed by atoms with E-state index in [0.29, 0.717) is 50.6 Å². The molecule has 154 valence electrons. The summed E-state index contributed by atoms with van der Waals surface area (Å²) in [4.78, 5) is 15.7. The highest BCUT2D eigenvalue weighted by molar-refractivity contribution is 5.86. The van der Waals surface area contributed by atoms with Crippen molar-refractivity contribution in [2.24, 2.45) is 0 Å². The van der Waals surface area contributed by atoms with Gasteiger partial charge in [0.05, 0.1) is 25.4 Å². The molecular weight excluding hydrogens is 399 g/mol. The number of hydrogen-bond acceptors (Lipinski definition) is 6. The van der Waals surface area contributed by atoms with Gasteiger partial charge in [0.15, 0.2) is 5.69 Å². The van der Waals surface area contributed by atoms with Gasteiger partial charge >= 0.3 is 12.1 Å². The number of anilines is 1. The molecule has 0 bridgehead atoms. The summed E-state index contributed by atoms with van der Waals surface area (Å²) in [7, 11) is 1.30. The number of aromatic nitrogens is 3. The fourth-order valence-corrected chi connectivity index (χ4v) is 3.03. The fourth-order valence-electron chi connectivity index (χ4n) is 3.03. The lowest BCUT2D eigenvalue weighted by molar-refractivity contribution is -0.137. The fraction of sp³-hybridized carbons (Fsp3) is 0.471. The Morgan fingerprint density at radius 3 is 2.54 bits per heavy atom. The summed E-state index contributed by atoms with van der Waals surface area (Å²) in [6.45, 7) is 3.81. The number of rotatable bonds is 5. The van der Waals surface area contributed by atoms with Gasteiger partial charge in [-0.05, 0) is 18.2 Å². The second-order valence-corrected chi connectivity index (χ2v) is 6.21. The van der Waals surface area contributed by atoms with E-state index >= 15 is 0 Å². The summed E-state index contributed by atoms with van der Waals surface area (Å²) in [6.07, 6.45) is -2.98. The van der Waals surface area contributed by atoms with Gasteiger partial charge in [-0.3, -0.25) is 4.90 Å². The van der Waals surface area contributed by atoms with Gasteiger partial charge in [-0.2, -0.15) is 13.2 Å². The second kappa shape index (κ2) is 9.24. The molecule has 2 aromatic rings. The molecule has 28 heavy (non-hydrogen) atoms. The standard InChI is InChI=1S/C17H20F3N5O2.ClH/c1-27-16(26)15-12-21-22-25(15)10-7-23-5-8-24(9-6-23)14-4-2-3-13(11-14)17(18,19)20;/h2-4,11-12H,5-10H2,1H3;1H. The largest absolute Gasteiger partial charge is 0.464 e. The normalized spacial score (nSPS) is 15.2. The molecule has 0 amide bonds. The molecule has 0 spiro atoms. The summed E-state index contributed by atoms with van der Waals surface area (Å²) in [6, 6.07) is 5.40. The zero-order chi connectivity index (χ0) is 19.4. The maximum absolute atomic E-state index is 12.9. The molecule has 3 rings (SSSR count). The molecule has 11 heteroatoms. The lowest BCUT2D eigenvalue weighted by Crippen LogP contribution is -2.47. The minimum atomic E-state index is -4.34. The Bertz CT molecular complexity index is 791. The molecule has 0 unspecified atom stereocenters. The zero-order valence-corrected chi connectivity index (χ0v) is 16.0. The molecule has 1 fully saturated rings. The van der Waals surface area contributed by atoms with Gasteiger partial charge in [0, 0.05) is 38.4 Å². The average molecular weight is 420 g/mol. The van der Waals surface area contributed by atoms with Crippen molar-refractivity contribution < 1.29 is 22.7 Å². The van der Waals surface area contributed by atoms with Crippen LogP contribution in [0.25, 0.3) is 0 Å². The van der Waals surface area contributed by atoms with Crippen LogP contribution in [-0.4, -0.2) is 65.7 Å². The molecule has 0 N–H and O–H groups in total. The number of hydrogen-bond donors (Lipinski definition) is 0. The second-order valence-electron chi connectivity index (χ2n) is 6.21. The van der Waals surface area contributed by atoms with E-state index < -0.39 is 17.7 Å². The monoisotopic (exact) mass is 419 g/mol. The number of methoxy groups -OCH3 is 1. The van der Waals surface area contributed by atoms with E-state index in [4.69, 9.17) is 0 Å². The molecule has 1 aromatic heterocycles. The number of carbonyl (C=O) groups excluding carboxylic acids is 1. The van der Waals surface area contributed by atoms with Gasteiger partial charge in [0.25, 0.3) is 0 Å². The van der Waals surface area contributed by atoms with E-state index in [1.165, 1.54) is 30.1 Å². The summed E-state index contributed by atoms with van der Waals surface area (Å²) in [5.74, 6) is -0.491. The highest BCUT2D eigenvalue weighted by Crippen LogP contribution is 2.31. The Morgan fingerprint density at radius 1 is 1.18 bits per heavy atom. The number of halogens is 4. The van der Waals surface area contributed by atoms with Crippen molar-refractivity contribution >= 4 is 24.1 Å². The number of benzene rings is 1. The van der Waals surface area contributed by atoms with Gasteiger partial charge < -0.3 is 9.64 Å². The summed E-state index contributed by atoms with van der Waals surface area (Å²) >= 11 is 0. The molecule has 2 heterocycles. The van der Waals surface area contributed by atoms with E-state index in [1.807, 2.05) is 4.90 Å². The molecule has 1 aromatic carbocycles. The first-order valence-corrected chi connectivity index (χ1v) is 8.50. The van der Waals surface area contributed by atoms with Crippen LogP contribution in [0, 0.1) is 0 Å². The van der Waals surface area contributed by atoms with E-state index in [0.717, 1.165) is 6.07 Å². The third kappa shape index (κ3) is 5.14. The van der Waals surface area contributed by atoms with Crippen molar-refractivity contribution in [2.45, 2.75) is 12.7 Å². The Hall–Kier alpha value is -2.33. The number of carbonyl (C=O) groups is 1. The Balaban J connectivity index is 0.00000280. The lowest BCUT2D eigenvalue weighted by atomic mass is 10.1. The molecule has 1 aliphatic heterocycles. The highest BCUT2D eigenvalue weighted by Gasteiger charge is 2.31. The summed E-state index contributed by atoms with van der Waals surface area (Å²) < 4.78 is 44.8. The molecule has 0 radical (unpaired) electrons. The number of nitrogens with zero attached hydrogens (tertiary/aromatic N) is 5. The van der Waals surface area contributed by atoms with Gasteiger partial charge in [0.2, 0.25) is 0 Å². The molecule has 0 atom stereocenters. The Labute approximate surface area is 166 Å². The topological polar surface area (TPSA) is 63.5 Å². The maximum Gasteiger partial charge on any atom is 0.416 e. The third-order valence-electron chi connectivity index (χ3n) is 4.55. The van der Waals surface area contributed by atoms with Crippen LogP contribution in [0.15, 0.2) is 30.5 Å². The average Bonchev–Trinajstić information content (AvgIpc) is 3.14. The van der Waals surface area contributed by atoms with E-state index in [-0.39, 0.29) is 12.4 Å². The van der Waals surface area contributed by atoms with Crippen LogP contribution in [0.3, 0.4) is 0 Å². The van der Waals surface area contributed by atoms with E-state index in [2.05, 4.69) is 19.9 Å². The quantitative estimate of drug-likeness (QED) is 0.693. The molecule has 1 aliphatic rings. The molecule has 7 nitrogen and oxygen atoms in total. The van der Waals surface area contributed by atoms with E-state index in [1.54, 1.807) is 6.07 Å². The Morgan fingerprint density at radius 2 is 1.89 bits per heavy atom. The van der Waals surface area contributed by atoms with Crippen LogP contribution in [0.2, 0.25) is 0 Å². The van der Waals surface area contributed by atoms with Gasteiger partial charge in [-0.1, -0.05) is 11.3 Å². The molecule has 0 saturated carbocycles. The Kier molecular flexibility index (Phi) is 7.25. The van der Waals surface area contributed by atoms with Crippen LogP contribution >= 0.6 is 12.4 Å². The van der Waals surface area contributed by atoms with Crippen LogP contribution < -0.4 is 4.90 Å². The highest BCUT2D eigenvalue weighted by atomic mass is 35.5. The predicted molar refractivity (Wildman–Crippen MR) is 98.7 cm³/mol. The summed E-state index contributed by atoms with van der Waals surface area (Å²) in [5.41, 5.74) is 0.234. The number of ether oxygens (including phenoxy) is 1. The number of esters is 1. The number of piperazine rings is 1. The van der Waals surface area contributed by atoms with Gasteiger partial charge in [-0.15, -0.1) is 17.5 Å². The predicted octanol–water partition coefficient (Wildman–Crippen LogP) is 2.33. The maximum atomic E-state index is 12.9. The van der Waals surface area contributed by atoms with Crippen molar-refractivity contribution in [3.63, 3.8) is 0 Å². The minimum absolute atomic E-state index is 0. The first-order valence-electron chi connectivity index (χ1n) is 8.50. The first kappa shape index (κ1) is 22.0. The van der Waals surface area contributed by atoms with Crippen LogP contribution in [0.1, 0.15) is 16.1 Å². The van der Waals surface area contributed by atoms with Crippen molar-refractivity contribution in [2.75, 3.05) is 44.7 Å². The van der Waals surface area contributed by atoms with Gasteiger partial charge in [0.1, 0.15) is 0 Å². The molecule has 1 saturated heterocycles. The van der Waals surface area contributed by atoms with Crippen molar-refractivity contribution in [3.05, 3.63) is 41.7 Å². The molecular formula is C17H21ClF3N5O2. The van der Waals surface area contributed by atoms with Crippen molar-refractivity contribution in [1.29, 1.82) is 0 Å². The third-order valence-corrected chi connectivity index (χ3v) is 4.55. The SMILES string of the molecule is COC(=O)c1cnnn1CCN1CCN(c2cccc(C(F)(F)F)c2)CC1.Cl. The van der Waals surface area contributed by atoms with Crippen molar-refractivity contribution in [1.82, 2.24) is 19.9 Å². The number of alkyl halides is 3. The van der Waals surface area contributed by atoms with Crippen molar-refractivity contribution in [3.8, 4) is 0 Å². The van der Waals surface area contributed by atoms with E-state index in [9.17, 15) is 18.0 Å². The van der Waals surface area contributed by atoms with Gasteiger partial charge in [-0.25, -0.2) is 9.48 Å². The lowest BCUT2D eigenvalue weighted by Gasteiger charge is -2.36. The zero-order valence-electron chi connectivity index (χ0n) is 15.2. The first-order chi connectivity index (χ1) is 12.9. The van der Waals surface area contributed by atoms with Crippen LogP contribution in [0.5, 0.6) is 0 Å². The smallest absolute Gasteiger partial charge is 0.416 e. The van der Waals surface area contributed by atoms with Crippen LogP contribution in [-0.2, 0) is 17.5 Å².